The summed E-state index contributed by atoms with van der Waals surface area (Å²) in [4.78, 5) is 24.2. The molecule has 0 bridgehead atoms. The average Bonchev–Trinajstić information content (AvgIpc) is 2.44. The van der Waals surface area contributed by atoms with Crippen LogP contribution in [0.3, 0.4) is 0 Å². The second-order valence-corrected chi connectivity index (χ2v) is 3.80. The molecule has 0 radical (unpaired) electrons. The monoisotopic (exact) mass is 267 g/mol. The number of carbonyl (C=O) groups excluding carboxylic acids is 2. The molecule has 1 rings (SSSR count). The van der Waals surface area contributed by atoms with Gasteiger partial charge in [-0.25, -0.2) is 4.79 Å². The molecule has 0 N–H and O–H groups in total. The maximum absolute atomic E-state index is 11.8. The van der Waals surface area contributed by atoms with Gasteiger partial charge in [0.2, 0.25) is 0 Å². The van der Waals surface area contributed by atoms with Crippen molar-refractivity contribution in [2.45, 2.75) is 6.92 Å². The largest absolute Gasteiger partial charge is 0.496 e. The van der Waals surface area contributed by atoms with E-state index in [1.165, 1.54) is 19.1 Å². The Bertz CT molecular complexity index is 498. The van der Waals surface area contributed by atoms with E-state index in [4.69, 9.17) is 9.47 Å². The van der Waals surface area contributed by atoms with Crippen LogP contribution in [0, 0.1) is 6.92 Å². The summed E-state index contributed by atoms with van der Waals surface area (Å²) in [7, 11) is 5.67. The number of anilines is 1. The Kier molecular flexibility index (Phi) is 4.74. The normalized spacial score (nSPS) is 9.74. The zero-order valence-corrected chi connectivity index (χ0v) is 11.6. The highest BCUT2D eigenvalue weighted by atomic mass is 16.5. The van der Waals surface area contributed by atoms with Gasteiger partial charge in [-0.05, 0) is 19.1 Å². The van der Waals surface area contributed by atoms with Crippen LogP contribution in [0.15, 0.2) is 12.1 Å². The number of rotatable bonds is 3. The first-order valence-corrected chi connectivity index (χ1v) is 5.55. The standard InChI is InChI=1S/C13H17NO5/c1-8-10(17-3)7-6-9(11(8)18-4)14(2)12(15)13(16)19-5/h6-7H,1-5H3. The van der Waals surface area contributed by atoms with Crippen molar-refractivity contribution < 1.29 is 23.8 Å². The minimum Gasteiger partial charge on any atom is -0.496 e. The summed E-state index contributed by atoms with van der Waals surface area (Å²) < 4.78 is 14.9. The molecule has 0 unspecified atom stereocenters. The zero-order chi connectivity index (χ0) is 14.6. The lowest BCUT2D eigenvalue weighted by atomic mass is 10.1. The fourth-order valence-electron chi connectivity index (χ4n) is 1.74. The van der Waals surface area contributed by atoms with Crippen molar-refractivity contribution in [2.24, 2.45) is 0 Å². The first-order valence-electron chi connectivity index (χ1n) is 5.55. The third-order valence-electron chi connectivity index (χ3n) is 2.79. The number of carbonyl (C=O) groups is 2. The quantitative estimate of drug-likeness (QED) is 0.607. The van der Waals surface area contributed by atoms with Gasteiger partial charge in [0.05, 0.1) is 27.0 Å². The Hall–Kier alpha value is -2.24. The van der Waals surface area contributed by atoms with Gasteiger partial charge in [-0.2, -0.15) is 0 Å². The van der Waals surface area contributed by atoms with Crippen molar-refractivity contribution in [1.82, 2.24) is 0 Å². The molecule has 19 heavy (non-hydrogen) atoms. The summed E-state index contributed by atoms with van der Waals surface area (Å²) in [6, 6.07) is 3.35. The van der Waals surface area contributed by atoms with E-state index in [9.17, 15) is 9.59 Å². The lowest BCUT2D eigenvalue weighted by Gasteiger charge is -2.21. The summed E-state index contributed by atoms with van der Waals surface area (Å²) in [5.41, 5.74) is 1.21. The van der Waals surface area contributed by atoms with Crippen molar-refractivity contribution in [3.05, 3.63) is 17.7 Å². The first-order chi connectivity index (χ1) is 8.97. The summed E-state index contributed by atoms with van der Waals surface area (Å²) >= 11 is 0. The molecule has 1 aromatic rings. The van der Waals surface area contributed by atoms with E-state index in [0.29, 0.717) is 17.2 Å². The number of likely N-dealkylation sites (N-methyl/N-ethyl adjacent to an activating group) is 1. The third-order valence-corrected chi connectivity index (χ3v) is 2.79. The van der Waals surface area contributed by atoms with Crippen molar-refractivity contribution in [2.75, 3.05) is 33.3 Å². The molecule has 0 spiro atoms. The second kappa shape index (κ2) is 6.08. The van der Waals surface area contributed by atoms with Gasteiger partial charge in [0.1, 0.15) is 11.5 Å². The van der Waals surface area contributed by atoms with Gasteiger partial charge in [-0.1, -0.05) is 0 Å². The fraction of sp³-hybridized carbons (Fsp3) is 0.385. The van der Waals surface area contributed by atoms with E-state index in [2.05, 4.69) is 4.74 Å². The van der Waals surface area contributed by atoms with Crippen LogP contribution >= 0.6 is 0 Å². The molecule has 6 nitrogen and oxygen atoms in total. The first kappa shape index (κ1) is 14.8. The Morgan fingerprint density at radius 2 is 1.74 bits per heavy atom. The molecule has 1 amide bonds. The number of hydrogen-bond donors (Lipinski definition) is 0. The molecule has 0 heterocycles. The van der Waals surface area contributed by atoms with E-state index in [1.807, 2.05) is 0 Å². The van der Waals surface area contributed by atoms with Gasteiger partial charge in [0, 0.05) is 12.6 Å². The van der Waals surface area contributed by atoms with Gasteiger partial charge in [0.15, 0.2) is 0 Å². The van der Waals surface area contributed by atoms with Crippen molar-refractivity contribution in [3.63, 3.8) is 0 Å². The fourth-order valence-corrected chi connectivity index (χ4v) is 1.74. The van der Waals surface area contributed by atoms with Crippen LogP contribution in [-0.2, 0) is 14.3 Å². The second-order valence-electron chi connectivity index (χ2n) is 3.80. The lowest BCUT2D eigenvalue weighted by Crippen LogP contribution is -2.34. The van der Waals surface area contributed by atoms with Crippen LogP contribution < -0.4 is 14.4 Å². The SMILES string of the molecule is COC(=O)C(=O)N(C)c1ccc(OC)c(C)c1OC. The molecule has 0 aliphatic heterocycles. The van der Waals surface area contributed by atoms with Crippen molar-refractivity contribution >= 4 is 17.6 Å². The minimum atomic E-state index is -0.932. The molecular formula is C13H17NO5. The number of nitrogens with zero attached hydrogens (tertiary/aromatic N) is 1. The molecule has 1 aromatic carbocycles. The highest BCUT2D eigenvalue weighted by Gasteiger charge is 2.24. The topological polar surface area (TPSA) is 65.1 Å². The van der Waals surface area contributed by atoms with Gasteiger partial charge >= 0.3 is 11.9 Å². The predicted molar refractivity (Wildman–Crippen MR) is 69.7 cm³/mol. The number of ether oxygens (including phenoxy) is 3. The van der Waals surface area contributed by atoms with Gasteiger partial charge < -0.3 is 19.1 Å². The number of hydrogen-bond acceptors (Lipinski definition) is 5. The van der Waals surface area contributed by atoms with Gasteiger partial charge in [-0.15, -0.1) is 0 Å². The van der Waals surface area contributed by atoms with Crippen LogP contribution in [0.4, 0.5) is 5.69 Å². The molecule has 104 valence electrons. The van der Waals surface area contributed by atoms with Gasteiger partial charge in [-0.3, -0.25) is 4.79 Å². The number of amides is 1. The van der Waals surface area contributed by atoms with E-state index in [-0.39, 0.29) is 0 Å². The smallest absolute Gasteiger partial charge is 0.397 e. The third kappa shape index (κ3) is 2.78. The predicted octanol–water partition coefficient (Wildman–Crippen LogP) is 1.15. The molecule has 0 aliphatic rings. The maximum Gasteiger partial charge on any atom is 0.397 e. The average molecular weight is 267 g/mol. The summed E-state index contributed by atoms with van der Waals surface area (Å²) in [5.74, 6) is -0.595. The Morgan fingerprint density at radius 1 is 1.11 bits per heavy atom. The molecular weight excluding hydrogens is 250 g/mol. The number of benzene rings is 1. The van der Waals surface area contributed by atoms with E-state index < -0.39 is 11.9 Å². The van der Waals surface area contributed by atoms with Crippen molar-refractivity contribution in [1.29, 1.82) is 0 Å². The number of esters is 1. The van der Waals surface area contributed by atoms with E-state index in [1.54, 1.807) is 26.2 Å². The molecule has 0 saturated heterocycles. The highest BCUT2D eigenvalue weighted by molar-refractivity contribution is 6.38. The van der Waals surface area contributed by atoms with Gasteiger partial charge in [0.25, 0.3) is 0 Å². The summed E-state index contributed by atoms with van der Waals surface area (Å²) in [5, 5.41) is 0. The number of methoxy groups -OCH3 is 3. The molecule has 6 heteroatoms. The minimum absolute atomic E-state index is 0.469. The zero-order valence-electron chi connectivity index (χ0n) is 11.6. The maximum atomic E-state index is 11.8. The van der Waals surface area contributed by atoms with E-state index in [0.717, 1.165) is 12.7 Å². The Morgan fingerprint density at radius 3 is 2.21 bits per heavy atom. The van der Waals surface area contributed by atoms with Crippen LogP contribution in [0.5, 0.6) is 11.5 Å². The lowest BCUT2D eigenvalue weighted by molar-refractivity contribution is -0.151. The highest BCUT2D eigenvalue weighted by Crippen LogP contribution is 2.36. The molecule has 0 saturated carbocycles. The summed E-state index contributed by atoms with van der Waals surface area (Å²) in [6.45, 7) is 1.80. The van der Waals surface area contributed by atoms with Crippen LogP contribution in [0.2, 0.25) is 0 Å². The van der Waals surface area contributed by atoms with Crippen LogP contribution in [0.25, 0.3) is 0 Å². The van der Waals surface area contributed by atoms with Crippen LogP contribution in [-0.4, -0.2) is 40.3 Å². The van der Waals surface area contributed by atoms with Crippen molar-refractivity contribution in [3.8, 4) is 11.5 Å². The molecule has 0 fully saturated rings. The molecule has 0 aliphatic carbocycles. The Labute approximate surface area is 111 Å². The molecule has 0 aromatic heterocycles. The van der Waals surface area contributed by atoms with E-state index >= 15 is 0 Å². The Balaban J connectivity index is 3.24. The molecule has 0 atom stereocenters. The van der Waals surface area contributed by atoms with Crippen LogP contribution in [0.1, 0.15) is 5.56 Å². The summed E-state index contributed by atoms with van der Waals surface area (Å²) in [6.07, 6.45) is 0.